The van der Waals surface area contributed by atoms with E-state index in [0.717, 1.165) is 24.2 Å². The lowest BCUT2D eigenvalue weighted by Gasteiger charge is -2.08. The molecule has 0 saturated carbocycles. The van der Waals surface area contributed by atoms with Gasteiger partial charge in [0.1, 0.15) is 0 Å². The summed E-state index contributed by atoms with van der Waals surface area (Å²) < 4.78 is 0. The highest BCUT2D eigenvalue weighted by Crippen LogP contribution is 2.06. The molecule has 0 radical (unpaired) electrons. The molecule has 0 fully saturated rings. The Morgan fingerprint density at radius 1 is 1.16 bits per heavy atom. The summed E-state index contributed by atoms with van der Waals surface area (Å²) in [4.78, 5) is 16.0. The highest BCUT2D eigenvalue weighted by molar-refractivity contribution is 5.88. The van der Waals surface area contributed by atoms with Crippen LogP contribution < -0.4 is 10.6 Å². The van der Waals surface area contributed by atoms with Crippen molar-refractivity contribution in [3.63, 3.8) is 0 Å². The van der Waals surface area contributed by atoms with Crippen LogP contribution in [-0.4, -0.2) is 33.7 Å². The second-order valence-electron chi connectivity index (χ2n) is 4.64. The van der Waals surface area contributed by atoms with Crippen LogP contribution in [0.1, 0.15) is 45.5 Å². The maximum Gasteiger partial charge on any atom is 0.249 e. The van der Waals surface area contributed by atoms with Crippen molar-refractivity contribution in [2.24, 2.45) is 0 Å². The van der Waals surface area contributed by atoms with Crippen molar-refractivity contribution in [2.45, 2.75) is 53.0 Å². The third-order valence-corrected chi connectivity index (χ3v) is 2.67. The molecule has 0 unspecified atom stereocenters. The van der Waals surface area contributed by atoms with Crippen LogP contribution in [0.15, 0.2) is 0 Å². The molecule has 0 aromatic carbocycles. The zero-order valence-electron chi connectivity index (χ0n) is 12.2. The minimum atomic E-state index is -0.0961. The van der Waals surface area contributed by atoms with E-state index in [9.17, 15) is 4.79 Å². The SMILES string of the molecule is CCc1nnc(NC(=O)CCNC(C)C)nc1CC. The number of hydrogen-bond acceptors (Lipinski definition) is 5. The van der Waals surface area contributed by atoms with E-state index in [0.29, 0.717) is 25.0 Å². The number of aryl methyl sites for hydroxylation is 2. The molecule has 1 amide bonds. The Hall–Kier alpha value is -1.56. The van der Waals surface area contributed by atoms with Crippen molar-refractivity contribution in [2.75, 3.05) is 11.9 Å². The molecule has 1 aromatic heterocycles. The van der Waals surface area contributed by atoms with Crippen LogP contribution in [0.2, 0.25) is 0 Å². The molecule has 1 heterocycles. The van der Waals surface area contributed by atoms with Crippen LogP contribution in [-0.2, 0) is 17.6 Å². The smallest absolute Gasteiger partial charge is 0.249 e. The monoisotopic (exact) mass is 265 g/mol. The van der Waals surface area contributed by atoms with Crippen LogP contribution in [0.5, 0.6) is 0 Å². The first kappa shape index (κ1) is 15.5. The first-order valence-corrected chi connectivity index (χ1v) is 6.82. The minimum Gasteiger partial charge on any atom is -0.314 e. The molecule has 1 aromatic rings. The van der Waals surface area contributed by atoms with Gasteiger partial charge < -0.3 is 5.32 Å². The molecule has 106 valence electrons. The molecule has 2 N–H and O–H groups in total. The van der Waals surface area contributed by atoms with E-state index in [1.54, 1.807) is 0 Å². The highest BCUT2D eigenvalue weighted by Gasteiger charge is 2.09. The van der Waals surface area contributed by atoms with Crippen LogP contribution in [0.3, 0.4) is 0 Å². The average Bonchev–Trinajstić information content (AvgIpc) is 2.38. The molecule has 0 aliphatic carbocycles. The number of nitrogens with zero attached hydrogens (tertiary/aromatic N) is 3. The highest BCUT2D eigenvalue weighted by atomic mass is 16.1. The second-order valence-corrected chi connectivity index (χ2v) is 4.64. The number of rotatable bonds is 7. The standard InChI is InChI=1S/C13H23N5O/c1-5-10-11(6-2)17-18-13(15-10)16-12(19)7-8-14-9(3)4/h9,14H,5-8H2,1-4H3,(H,15,16,18,19). The van der Waals surface area contributed by atoms with Crippen molar-refractivity contribution in [3.8, 4) is 0 Å². The van der Waals surface area contributed by atoms with Crippen LogP contribution >= 0.6 is 0 Å². The molecule has 1 rings (SSSR count). The summed E-state index contributed by atoms with van der Waals surface area (Å²) in [5.41, 5.74) is 1.79. The van der Waals surface area contributed by atoms with E-state index < -0.39 is 0 Å². The Labute approximate surface area is 114 Å². The van der Waals surface area contributed by atoms with E-state index in [1.807, 2.05) is 27.7 Å². The fourth-order valence-corrected chi connectivity index (χ4v) is 1.65. The molecule has 6 heteroatoms. The molecule has 0 bridgehead atoms. The number of carbonyl (C=O) groups is 1. The Kier molecular flexibility index (Phi) is 6.35. The fourth-order valence-electron chi connectivity index (χ4n) is 1.65. The van der Waals surface area contributed by atoms with Crippen LogP contribution in [0.4, 0.5) is 5.95 Å². The molecular formula is C13H23N5O. The number of amides is 1. The molecule has 6 nitrogen and oxygen atoms in total. The molecule has 19 heavy (non-hydrogen) atoms. The zero-order valence-corrected chi connectivity index (χ0v) is 12.2. The van der Waals surface area contributed by atoms with Crippen molar-refractivity contribution in [1.29, 1.82) is 0 Å². The maximum absolute atomic E-state index is 11.7. The molecule has 0 spiro atoms. The number of anilines is 1. The van der Waals surface area contributed by atoms with Gasteiger partial charge in [0.2, 0.25) is 11.9 Å². The summed E-state index contributed by atoms with van der Waals surface area (Å²) in [6.45, 7) is 8.76. The van der Waals surface area contributed by atoms with Gasteiger partial charge in [0.05, 0.1) is 11.4 Å². The molecule has 0 aliphatic rings. The minimum absolute atomic E-state index is 0.0961. The zero-order chi connectivity index (χ0) is 14.3. The summed E-state index contributed by atoms with van der Waals surface area (Å²) in [6.07, 6.45) is 1.99. The van der Waals surface area contributed by atoms with E-state index in [1.165, 1.54) is 0 Å². The summed E-state index contributed by atoms with van der Waals surface area (Å²) in [6, 6.07) is 0.376. The predicted molar refractivity (Wildman–Crippen MR) is 75.0 cm³/mol. The summed E-state index contributed by atoms with van der Waals surface area (Å²) in [7, 11) is 0. The number of aromatic nitrogens is 3. The summed E-state index contributed by atoms with van der Waals surface area (Å²) >= 11 is 0. The van der Waals surface area contributed by atoms with Gasteiger partial charge in [0.25, 0.3) is 0 Å². The topological polar surface area (TPSA) is 79.8 Å². The van der Waals surface area contributed by atoms with E-state index in [-0.39, 0.29) is 5.91 Å². The van der Waals surface area contributed by atoms with Crippen molar-refractivity contribution in [3.05, 3.63) is 11.4 Å². The normalized spacial score (nSPS) is 10.8. The van der Waals surface area contributed by atoms with Crippen molar-refractivity contribution >= 4 is 11.9 Å². The predicted octanol–water partition coefficient (Wildman–Crippen LogP) is 1.32. The Morgan fingerprint density at radius 2 is 1.84 bits per heavy atom. The van der Waals surface area contributed by atoms with Gasteiger partial charge >= 0.3 is 0 Å². The van der Waals surface area contributed by atoms with Gasteiger partial charge in [-0.25, -0.2) is 4.98 Å². The van der Waals surface area contributed by atoms with E-state index >= 15 is 0 Å². The number of carbonyl (C=O) groups excluding carboxylic acids is 1. The fraction of sp³-hybridized carbons (Fsp3) is 0.692. The summed E-state index contributed by atoms with van der Waals surface area (Å²) in [5.74, 6) is 0.199. The van der Waals surface area contributed by atoms with Crippen molar-refractivity contribution < 1.29 is 4.79 Å². The third kappa shape index (κ3) is 5.30. The molecule has 0 atom stereocenters. The lowest BCUT2D eigenvalue weighted by Crippen LogP contribution is -2.27. The Morgan fingerprint density at radius 3 is 2.42 bits per heavy atom. The Bertz CT molecular complexity index is 419. The molecule has 0 saturated heterocycles. The van der Waals surface area contributed by atoms with E-state index in [2.05, 4.69) is 25.8 Å². The first-order chi connectivity index (χ1) is 9.06. The average molecular weight is 265 g/mol. The second kappa shape index (κ2) is 7.78. The van der Waals surface area contributed by atoms with Gasteiger partial charge in [-0.2, -0.15) is 0 Å². The Balaban J connectivity index is 2.54. The van der Waals surface area contributed by atoms with Gasteiger partial charge in [-0.3, -0.25) is 10.1 Å². The van der Waals surface area contributed by atoms with Gasteiger partial charge in [-0.05, 0) is 12.8 Å². The van der Waals surface area contributed by atoms with E-state index in [4.69, 9.17) is 0 Å². The van der Waals surface area contributed by atoms with Gasteiger partial charge in [0, 0.05) is 19.0 Å². The van der Waals surface area contributed by atoms with Gasteiger partial charge in [-0.15, -0.1) is 10.2 Å². The largest absolute Gasteiger partial charge is 0.314 e. The van der Waals surface area contributed by atoms with Crippen molar-refractivity contribution in [1.82, 2.24) is 20.5 Å². The molecule has 0 aliphatic heterocycles. The van der Waals surface area contributed by atoms with Gasteiger partial charge in [0.15, 0.2) is 0 Å². The lowest BCUT2D eigenvalue weighted by molar-refractivity contribution is -0.116. The van der Waals surface area contributed by atoms with Gasteiger partial charge in [-0.1, -0.05) is 27.7 Å². The van der Waals surface area contributed by atoms with Crippen LogP contribution in [0.25, 0.3) is 0 Å². The number of nitrogens with one attached hydrogen (secondary N) is 2. The van der Waals surface area contributed by atoms with Crippen LogP contribution in [0, 0.1) is 0 Å². The lowest BCUT2D eigenvalue weighted by atomic mass is 10.2. The first-order valence-electron chi connectivity index (χ1n) is 6.82. The quantitative estimate of drug-likeness (QED) is 0.777. The summed E-state index contributed by atoms with van der Waals surface area (Å²) in [5, 5.41) is 13.9. The molecular weight excluding hydrogens is 242 g/mol. The maximum atomic E-state index is 11.7. The third-order valence-electron chi connectivity index (χ3n) is 2.67. The number of hydrogen-bond donors (Lipinski definition) is 2.